The number of aromatic hydroxyl groups is 1. The lowest BCUT2D eigenvalue weighted by Crippen LogP contribution is -2.62. The SMILES string of the molecule is C.CCCC[C@H]1C(=O)N(C)[C@@H](CCCC)C(=O)N[C@@H](CN)C(=O)N[C@H](C(=O)NCC(N)=O)CSCC(=O)N[C@@H](Cc2ccc(O)cc2)C(=O)N(C)[C@H](C)C(=O)C[C@@H](CC(=O)O)C(=O)N2CCC[C@H]2C(=O)N[C@@H](CN)C(=O)N[C@@H](CC(C)C)C(=O)N2C[C@H](O)C[C@H]2C(=O)N[C@@H](Cc2c[nH]c3ccccc23)C(=O)N[C@@H](CO)C(=O)N[C@@H](Cc2csc3ccccc23)C(=O)N1C. The fraction of sp³-hybridized carbons (Fsp3) is 0.552. The molecule has 700 valence electrons. The van der Waals surface area contributed by atoms with E-state index >= 15 is 28.8 Å². The number of carbonyl (C=O) groups excluding carboxylic acids is 16. The molecule has 8 rings (SSSR count). The van der Waals surface area contributed by atoms with E-state index in [0.717, 1.165) is 41.0 Å². The minimum atomic E-state index is -1.87. The summed E-state index contributed by atoms with van der Waals surface area (Å²) in [6.45, 7) is 4.87. The van der Waals surface area contributed by atoms with Crippen molar-refractivity contribution < 1.29 is 102 Å². The van der Waals surface area contributed by atoms with Crippen LogP contribution < -0.4 is 65.1 Å². The van der Waals surface area contributed by atoms with Gasteiger partial charge >= 0.3 is 5.97 Å². The molecule has 5 heterocycles. The molecule has 3 saturated heterocycles. The van der Waals surface area contributed by atoms with Gasteiger partial charge in [-0.2, -0.15) is 0 Å². The summed E-state index contributed by atoms with van der Waals surface area (Å²) in [5, 5.41) is 69.3. The third-order valence-electron chi connectivity index (χ3n) is 23.0. The van der Waals surface area contributed by atoms with Gasteiger partial charge in [0.15, 0.2) is 5.78 Å². The lowest BCUT2D eigenvalue weighted by Gasteiger charge is -2.36. The predicted octanol–water partition coefficient (Wildman–Crippen LogP) is -1.18. The Hall–Kier alpha value is -11.7. The molecule has 0 aliphatic carbocycles. The zero-order chi connectivity index (χ0) is 93.2. The number of nitrogens with one attached hydrogen (secondary N) is 10. The Kier molecular flexibility index (Phi) is 39.6. The number of amides is 15. The van der Waals surface area contributed by atoms with Crippen molar-refractivity contribution in [2.45, 2.75) is 223 Å². The number of hydrogen-bond donors (Lipinski definition) is 17. The predicted molar refractivity (Wildman–Crippen MR) is 476 cm³/mol. The Morgan fingerprint density at radius 3 is 1.80 bits per heavy atom. The van der Waals surface area contributed by atoms with Crippen molar-refractivity contribution in [3.63, 3.8) is 0 Å². The third-order valence-corrected chi connectivity index (χ3v) is 25.0. The first-order valence-electron chi connectivity index (χ1n) is 42.6. The van der Waals surface area contributed by atoms with Gasteiger partial charge in [-0.25, -0.2) is 0 Å². The molecule has 0 spiro atoms. The molecule has 3 aliphatic heterocycles. The molecule has 0 radical (unpaired) electrons. The van der Waals surface area contributed by atoms with E-state index < -0.39 is 248 Å². The van der Waals surface area contributed by atoms with E-state index in [-0.39, 0.29) is 83.4 Å². The number of aromatic amines is 1. The minimum absolute atomic E-state index is 0. The molecule has 3 aliphatic rings. The first kappa shape index (κ1) is 103. The normalized spacial score (nSPS) is 25.5. The number of carbonyl (C=O) groups is 17. The standard InChI is InChI=1S/C86H120N18O21S2.CH4/c1-9-11-21-65-79(118)96-62(38-88)77(116)99-64(74(113)91-40-71(89)109)44-126-45-72(110)92-59(31-48-25-27-52(106)28-26-48)83(122)100(6)47(5)69(108)34-49(35-73(111)112)82(121)103-29-17-23-66(103)80(119)97-61(37-87)76(115)94-58(30-46(3)4)85(124)104-41-53(107)36-68(104)81(120)93-57(32-50-39-90-56-20-15-13-18-54(50)56)75(114)98-63(42-105)78(117)95-60(33-51-43-127-70-24-16-14-19-55(51)70)84(123)102(8)67(22-12-10-2)86(125)101(65)7;/h13-16,18-20,24-28,39,43,46-47,49,53,57-68,90,105-107H,9-12,17,21-23,29-38,40-42,44-45,87-88H2,1-8H3,(H2,89,109)(H,91,113)(H,92,110)(H,93,120)(H,94,115)(H,95,117)(H,96,118)(H,97,119)(H,98,114)(H,99,116)(H,111,112);1H4/t47-,49+,53-,57+,58+,59+,60+,61+,62+,63+,64+,65+,66+,67+,68+;/m1./s1. The molecular weight excluding hydrogens is 1700 g/mol. The van der Waals surface area contributed by atoms with Crippen molar-refractivity contribution in [3.8, 4) is 5.75 Å². The number of thiophene rings is 1. The van der Waals surface area contributed by atoms with Crippen LogP contribution in [0.15, 0.2) is 84.4 Å². The molecule has 39 nitrogen and oxygen atoms in total. The summed E-state index contributed by atoms with van der Waals surface area (Å²) in [6, 6.07) is -0.115. The second-order valence-corrected chi connectivity index (χ2v) is 34.8. The number of hydrogen-bond acceptors (Lipinski definition) is 24. The molecule has 15 atom stereocenters. The van der Waals surface area contributed by atoms with Crippen LogP contribution in [0.25, 0.3) is 21.0 Å². The number of carboxylic acids is 1. The quantitative estimate of drug-likeness (QED) is 0.0388. The topological polar surface area (TPSA) is 589 Å². The number of phenols is 1. The lowest BCUT2D eigenvalue weighted by atomic mass is 9.93. The average Bonchev–Trinajstić information content (AvgIpc) is 1.44. The number of ketones is 1. The zero-order valence-electron chi connectivity index (χ0n) is 72.6. The largest absolute Gasteiger partial charge is 0.508 e. The average molecular weight is 1820 g/mol. The highest BCUT2D eigenvalue weighted by molar-refractivity contribution is 8.00. The van der Waals surface area contributed by atoms with Gasteiger partial charge in [0.05, 0.1) is 43.4 Å². The van der Waals surface area contributed by atoms with Crippen LogP contribution in [-0.2, 0) is 101 Å². The number of aliphatic hydroxyl groups excluding tert-OH is 2. The summed E-state index contributed by atoms with van der Waals surface area (Å²) in [4.78, 5) is 255. The summed E-state index contributed by atoms with van der Waals surface area (Å²) in [7, 11) is 3.91. The number of primary amides is 1. The van der Waals surface area contributed by atoms with Crippen molar-refractivity contribution in [1.82, 2.24) is 77.3 Å². The molecule has 0 saturated carbocycles. The number of rotatable bonds is 22. The van der Waals surface area contributed by atoms with Gasteiger partial charge in [-0.1, -0.05) is 109 Å². The first-order valence-corrected chi connectivity index (χ1v) is 44.6. The second-order valence-electron chi connectivity index (χ2n) is 32.8. The lowest BCUT2D eigenvalue weighted by molar-refractivity contribution is -0.149. The molecule has 128 heavy (non-hydrogen) atoms. The maximum Gasteiger partial charge on any atom is 0.304 e. The Morgan fingerprint density at radius 1 is 0.602 bits per heavy atom. The van der Waals surface area contributed by atoms with Crippen LogP contribution in [0, 0.1) is 11.8 Å². The summed E-state index contributed by atoms with van der Waals surface area (Å²) in [6.07, 6.45) is -0.856. The minimum Gasteiger partial charge on any atom is -0.508 e. The number of carboxylic acid groups (broad SMARTS) is 1. The van der Waals surface area contributed by atoms with E-state index in [1.807, 2.05) is 32.0 Å². The van der Waals surface area contributed by atoms with Crippen LogP contribution in [0.4, 0.5) is 0 Å². The molecule has 0 bridgehead atoms. The van der Waals surface area contributed by atoms with Crippen molar-refractivity contribution in [1.29, 1.82) is 0 Å². The van der Waals surface area contributed by atoms with Crippen LogP contribution in [0.3, 0.4) is 0 Å². The summed E-state index contributed by atoms with van der Waals surface area (Å²) < 4.78 is 0.817. The molecule has 15 amide bonds. The van der Waals surface area contributed by atoms with Gasteiger partial charge in [0, 0.05) is 107 Å². The highest BCUT2D eigenvalue weighted by Crippen LogP contribution is 2.31. The maximum atomic E-state index is 15.6. The fourth-order valence-corrected chi connectivity index (χ4v) is 17.6. The molecule has 5 aromatic rings. The second kappa shape index (κ2) is 49.0. The van der Waals surface area contributed by atoms with Crippen LogP contribution >= 0.6 is 23.1 Å². The molecule has 0 unspecified atom stereocenters. The number of aliphatic carboxylic acids is 1. The van der Waals surface area contributed by atoms with Crippen LogP contribution in [0.5, 0.6) is 5.75 Å². The van der Waals surface area contributed by atoms with Crippen molar-refractivity contribution in [2.24, 2.45) is 29.0 Å². The number of fused-ring (bicyclic) bond motifs is 4. The van der Waals surface area contributed by atoms with Gasteiger partial charge in [-0.3, -0.25) is 81.5 Å². The van der Waals surface area contributed by atoms with Crippen LogP contribution in [0.2, 0.25) is 0 Å². The number of aliphatic hydroxyl groups is 2. The van der Waals surface area contributed by atoms with E-state index in [0.29, 0.717) is 58.7 Å². The maximum absolute atomic E-state index is 15.6. The number of para-hydroxylation sites is 1. The first-order chi connectivity index (χ1) is 60.4. The molecule has 20 N–H and O–H groups in total. The highest BCUT2D eigenvalue weighted by atomic mass is 32.2. The number of unbranched alkanes of at least 4 members (excludes halogenated alkanes) is 2. The van der Waals surface area contributed by atoms with E-state index in [9.17, 15) is 73.2 Å². The third kappa shape index (κ3) is 27.9. The van der Waals surface area contributed by atoms with Gasteiger partial charge in [-0.05, 0) is 96.7 Å². The van der Waals surface area contributed by atoms with Crippen molar-refractivity contribution in [2.75, 3.05) is 72.0 Å². The Bertz CT molecular complexity index is 4780. The summed E-state index contributed by atoms with van der Waals surface area (Å²) >= 11 is 2.11. The van der Waals surface area contributed by atoms with E-state index in [2.05, 4.69) is 52.8 Å². The molecule has 3 fully saturated rings. The summed E-state index contributed by atoms with van der Waals surface area (Å²) in [5.41, 5.74) is 19.9. The molecular formula is C87H124N18O21S2. The van der Waals surface area contributed by atoms with E-state index in [4.69, 9.17) is 17.2 Å². The Morgan fingerprint density at radius 2 is 1.16 bits per heavy atom. The van der Waals surface area contributed by atoms with Crippen LogP contribution in [0.1, 0.15) is 136 Å². The number of H-pyrrole nitrogens is 1. The van der Waals surface area contributed by atoms with Crippen molar-refractivity contribution >= 4 is 144 Å². The van der Waals surface area contributed by atoms with Gasteiger partial charge in [0.25, 0.3) is 0 Å². The van der Waals surface area contributed by atoms with E-state index in [1.165, 1.54) is 63.7 Å². The molecule has 41 heteroatoms. The molecule has 2 aromatic heterocycles. The van der Waals surface area contributed by atoms with Gasteiger partial charge in [0.2, 0.25) is 88.6 Å². The Balaban J connectivity index is 0.0000224. The molecule has 3 aromatic carbocycles. The van der Waals surface area contributed by atoms with Gasteiger partial charge < -0.3 is 115 Å². The number of nitrogens with zero attached hydrogens (tertiary/aromatic N) is 5. The number of benzene rings is 3. The smallest absolute Gasteiger partial charge is 0.304 e. The number of likely N-dealkylation sites (N-methyl/N-ethyl adjacent to an activating group) is 3. The highest BCUT2D eigenvalue weighted by Gasteiger charge is 2.47. The monoisotopic (exact) mass is 1820 g/mol. The Labute approximate surface area is 750 Å². The van der Waals surface area contributed by atoms with Gasteiger partial charge in [0.1, 0.15) is 78.3 Å². The van der Waals surface area contributed by atoms with Crippen LogP contribution in [-0.4, -0.2) is 307 Å². The van der Waals surface area contributed by atoms with Crippen molar-refractivity contribution in [3.05, 3.63) is 101 Å². The zero-order valence-corrected chi connectivity index (χ0v) is 74.2. The summed E-state index contributed by atoms with van der Waals surface area (Å²) in [5.74, 6) is -19.5. The number of Topliss-reactive ketones (excluding diaryl/α,β-unsaturated/α-hetero) is 1. The number of aromatic nitrogens is 1. The van der Waals surface area contributed by atoms with E-state index in [1.54, 1.807) is 55.8 Å². The fourth-order valence-electron chi connectivity index (χ4n) is 15.8. The van der Waals surface area contributed by atoms with Gasteiger partial charge in [-0.15, -0.1) is 23.1 Å². The number of nitrogens with two attached hydrogens (primary N) is 3. The number of phenolic OH excluding ortho intramolecular Hbond substituents is 1. The number of thioether (sulfide) groups is 1.